The summed E-state index contributed by atoms with van der Waals surface area (Å²) in [6, 6.07) is 0.0541. The molecule has 0 spiro atoms. The molecule has 4 nitrogen and oxygen atoms in total. The van der Waals surface area contributed by atoms with Crippen molar-refractivity contribution in [2.24, 2.45) is 11.7 Å². The fraction of sp³-hybridized carbons (Fsp3) is 0.917. The highest BCUT2D eigenvalue weighted by Crippen LogP contribution is 2.09. The van der Waals surface area contributed by atoms with Crippen molar-refractivity contribution < 1.29 is 9.90 Å². The van der Waals surface area contributed by atoms with Crippen LogP contribution in [-0.2, 0) is 4.79 Å². The number of nitrogens with two attached hydrogens (primary N) is 1. The van der Waals surface area contributed by atoms with Crippen LogP contribution in [0, 0.1) is 5.92 Å². The van der Waals surface area contributed by atoms with E-state index in [1.807, 2.05) is 27.7 Å². The first-order valence-corrected chi connectivity index (χ1v) is 5.95. The maximum Gasteiger partial charge on any atom is 0.220 e. The Kier molecular flexibility index (Phi) is 6.60. The Morgan fingerprint density at radius 3 is 2.38 bits per heavy atom. The van der Waals surface area contributed by atoms with Crippen molar-refractivity contribution in [3.05, 3.63) is 0 Å². The van der Waals surface area contributed by atoms with Crippen molar-refractivity contribution in [2.75, 3.05) is 6.61 Å². The molecule has 0 radical (unpaired) electrons. The molecule has 0 aromatic rings. The minimum absolute atomic E-state index is 0.0191. The second-order valence-electron chi connectivity index (χ2n) is 5.42. The number of aliphatic hydroxyl groups is 1. The number of amides is 1. The second-order valence-corrected chi connectivity index (χ2v) is 5.42. The first-order chi connectivity index (χ1) is 7.26. The molecule has 1 amide bonds. The van der Waals surface area contributed by atoms with E-state index in [4.69, 9.17) is 10.8 Å². The van der Waals surface area contributed by atoms with Crippen molar-refractivity contribution in [1.29, 1.82) is 0 Å². The summed E-state index contributed by atoms with van der Waals surface area (Å²) in [6.07, 6.45) is 1.72. The molecule has 4 N–H and O–H groups in total. The summed E-state index contributed by atoms with van der Waals surface area (Å²) in [5.41, 5.74) is 5.51. The van der Waals surface area contributed by atoms with Gasteiger partial charge in [-0.1, -0.05) is 13.8 Å². The summed E-state index contributed by atoms with van der Waals surface area (Å²) in [7, 11) is 0. The molecular formula is C12H26N2O2. The Balaban J connectivity index is 4.00. The van der Waals surface area contributed by atoms with Gasteiger partial charge < -0.3 is 16.2 Å². The number of aliphatic hydroxyl groups excluding tert-OH is 1. The second kappa shape index (κ2) is 6.86. The Labute approximate surface area is 98.6 Å². The fourth-order valence-corrected chi connectivity index (χ4v) is 1.43. The zero-order chi connectivity index (χ0) is 12.8. The molecule has 0 aromatic carbocycles. The fourth-order valence-electron chi connectivity index (χ4n) is 1.43. The normalized spacial score (nSPS) is 13.9. The average Bonchev–Trinajstić information content (AvgIpc) is 2.13. The highest BCUT2D eigenvalue weighted by Gasteiger charge is 2.17. The van der Waals surface area contributed by atoms with Gasteiger partial charge in [0, 0.05) is 24.6 Å². The van der Waals surface area contributed by atoms with Gasteiger partial charge in [-0.2, -0.15) is 0 Å². The molecule has 0 aliphatic rings. The number of nitrogens with one attached hydrogen (secondary N) is 1. The maximum atomic E-state index is 11.6. The molecule has 0 bridgehead atoms. The summed E-state index contributed by atoms with van der Waals surface area (Å²) < 4.78 is 0. The Morgan fingerprint density at radius 1 is 1.44 bits per heavy atom. The third-order valence-corrected chi connectivity index (χ3v) is 2.59. The lowest BCUT2D eigenvalue weighted by molar-refractivity contribution is -0.122. The van der Waals surface area contributed by atoms with Crippen LogP contribution >= 0.6 is 0 Å². The van der Waals surface area contributed by atoms with Crippen LogP contribution in [0.2, 0.25) is 0 Å². The van der Waals surface area contributed by atoms with Gasteiger partial charge in [-0.15, -0.1) is 0 Å². The molecule has 0 saturated carbocycles. The molecule has 16 heavy (non-hydrogen) atoms. The summed E-state index contributed by atoms with van der Waals surface area (Å²) >= 11 is 0. The average molecular weight is 230 g/mol. The zero-order valence-electron chi connectivity index (χ0n) is 10.9. The van der Waals surface area contributed by atoms with Gasteiger partial charge >= 0.3 is 0 Å². The van der Waals surface area contributed by atoms with Crippen LogP contribution in [0.4, 0.5) is 0 Å². The highest BCUT2D eigenvalue weighted by molar-refractivity contribution is 5.76. The highest BCUT2D eigenvalue weighted by atomic mass is 16.3. The van der Waals surface area contributed by atoms with Crippen molar-refractivity contribution in [3.8, 4) is 0 Å². The van der Waals surface area contributed by atoms with Crippen molar-refractivity contribution in [3.63, 3.8) is 0 Å². The Hall–Kier alpha value is -0.610. The van der Waals surface area contributed by atoms with Crippen LogP contribution in [0.1, 0.15) is 47.0 Å². The SMILES string of the molecule is CC(C)C(CCO)NC(=O)CCC(C)(C)N. The van der Waals surface area contributed by atoms with E-state index < -0.39 is 0 Å². The van der Waals surface area contributed by atoms with Gasteiger partial charge in [-0.25, -0.2) is 0 Å². The predicted octanol–water partition coefficient (Wildman–Crippen LogP) is 1.03. The van der Waals surface area contributed by atoms with Gasteiger partial charge in [0.15, 0.2) is 0 Å². The Morgan fingerprint density at radius 2 is 2.00 bits per heavy atom. The predicted molar refractivity (Wildman–Crippen MR) is 66.0 cm³/mol. The van der Waals surface area contributed by atoms with Crippen LogP contribution in [0.15, 0.2) is 0 Å². The monoisotopic (exact) mass is 230 g/mol. The van der Waals surface area contributed by atoms with Gasteiger partial charge in [0.05, 0.1) is 0 Å². The van der Waals surface area contributed by atoms with E-state index in [0.29, 0.717) is 25.2 Å². The van der Waals surface area contributed by atoms with Crippen LogP contribution in [0.5, 0.6) is 0 Å². The van der Waals surface area contributed by atoms with E-state index in [1.165, 1.54) is 0 Å². The van der Waals surface area contributed by atoms with Gasteiger partial charge in [0.2, 0.25) is 5.91 Å². The number of carbonyl (C=O) groups is 1. The lowest BCUT2D eigenvalue weighted by Gasteiger charge is -2.23. The van der Waals surface area contributed by atoms with Gasteiger partial charge in [-0.05, 0) is 32.6 Å². The maximum absolute atomic E-state index is 11.6. The lowest BCUT2D eigenvalue weighted by Crippen LogP contribution is -2.41. The molecule has 0 saturated heterocycles. The molecule has 0 aliphatic carbocycles. The smallest absolute Gasteiger partial charge is 0.220 e. The van der Waals surface area contributed by atoms with Gasteiger partial charge in [-0.3, -0.25) is 4.79 Å². The first kappa shape index (κ1) is 15.4. The molecule has 0 rings (SSSR count). The third kappa shape index (κ3) is 7.65. The van der Waals surface area contributed by atoms with Crippen LogP contribution in [0.3, 0.4) is 0 Å². The number of hydrogen-bond donors (Lipinski definition) is 3. The summed E-state index contributed by atoms with van der Waals surface area (Å²) in [5.74, 6) is 0.354. The number of carbonyl (C=O) groups excluding carboxylic acids is 1. The molecule has 4 heteroatoms. The standard InChI is InChI=1S/C12H26N2O2/c1-9(2)10(6-8-15)14-11(16)5-7-12(3,4)13/h9-10,15H,5-8,13H2,1-4H3,(H,14,16). The summed E-state index contributed by atoms with van der Waals surface area (Å²) in [5, 5.41) is 11.8. The van der Waals surface area contributed by atoms with Crippen LogP contribution in [0.25, 0.3) is 0 Å². The zero-order valence-corrected chi connectivity index (χ0v) is 10.9. The van der Waals surface area contributed by atoms with Gasteiger partial charge in [0.25, 0.3) is 0 Å². The minimum Gasteiger partial charge on any atom is -0.396 e. The van der Waals surface area contributed by atoms with E-state index in [2.05, 4.69) is 5.32 Å². The topological polar surface area (TPSA) is 75.3 Å². The van der Waals surface area contributed by atoms with Crippen molar-refractivity contribution >= 4 is 5.91 Å². The van der Waals surface area contributed by atoms with E-state index in [1.54, 1.807) is 0 Å². The van der Waals surface area contributed by atoms with E-state index in [-0.39, 0.29) is 24.1 Å². The molecule has 96 valence electrons. The van der Waals surface area contributed by atoms with Crippen LogP contribution in [-0.4, -0.2) is 29.2 Å². The number of hydrogen-bond acceptors (Lipinski definition) is 3. The summed E-state index contributed by atoms with van der Waals surface area (Å²) in [6.45, 7) is 7.99. The molecular weight excluding hydrogens is 204 g/mol. The molecule has 1 unspecified atom stereocenters. The summed E-state index contributed by atoms with van der Waals surface area (Å²) in [4.78, 5) is 11.6. The number of rotatable bonds is 7. The van der Waals surface area contributed by atoms with Crippen LogP contribution < -0.4 is 11.1 Å². The van der Waals surface area contributed by atoms with E-state index in [9.17, 15) is 4.79 Å². The van der Waals surface area contributed by atoms with E-state index >= 15 is 0 Å². The largest absolute Gasteiger partial charge is 0.396 e. The lowest BCUT2D eigenvalue weighted by atomic mass is 9.98. The third-order valence-electron chi connectivity index (χ3n) is 2.59. The van der Waals surface area contributed by atoms with Crippen molar-refractivity contribution in [1.82, 2.24) is 5.32 Å². The molecule has 0 aromatic heterocycles. The van der Waals surface area contributed by atoms with Crippen molar-refractivity contribution in [2.45, 2.75) is 58.5 Å². The Bertz CT molecular complexity index is 210. The first-order valence-electron chi connectivity index (χ1n) is 5.95. The minimum atomic E-state index is -0.304. The van der Waals surface area contributed by atoms with E-state index in [0.717, 1.165) is 0 Å². The molecule has 1 atom stereocenters. The van der Waals surface area contributed by atoms with Gasteiger partial charge in [0.1, 0.15) is 0 Å². The quantitative estimate of drug-likeness (QED) is 0.611. The molecule has 0 fully saturated rings. The molecule has 0 aliphatic heterocycles. The molecule has 0 heterocycles.